The van der Waals surface area contributed by atoms with Crippen LogP contribution in [0.1, 0.15) is 33.1 Å². The van der Waals surface area contributed by atoms with Crippen molar-refractivity contribution in [2.24, 2.45) is 11.1 Å². The van der Waals surface area contributed by atoms with Crippen LogP contribution in [0.4, 0.5) is 0 Å². The van der Waals surface area contributed by atoms with Crippen LogP contribution in [0, 0.1) is 5.41 Å². The molecule has 0 amide bonds. The predicted octanol–water partition coefficient (Wildman–Crippen LogP) is 1.55. The molecule has 0 aliphatic carbocycles. The van der Waals surface area contributed by atoms with Gasteiger partial charge in [0, 0.05) is 18.5 Å². The smallest absolute Gasteiger partial charge is 0.0784 e. The van der Waals surface area contributed by atoms with Gasteiger partial charge < -0.3 is 10.5 Å². The van der Waals surface area contributed by atoms with Gasteiger partial charge in [-0.25, -0.2) is 0 Å². The zero-order chi connectivity index (χ0) is 11.8. The van der Waals surface area contributed by atoms with Crippen molar-refractivity contribution in [3.8, 4) is 0 Å². The maximum absolute atomic E-state index is 5.81. The number of ether oxygens (including phenoxy) is 1. The number of morpholine rings is 1. The summed E-state index contributed by atoms with van der Waals surface area (Å²) < 4.78 is 5.81. The SMILES string of the molecule is CC(C)(CCN1CC2CCC(C1)O2)C(N)=S. The van der Waals surface area contributed by atoms with Crippen LogP contribution in [-0.2, 0) is 4.74 Å². The molecule has 2 aliphatic heterocycles. The minimum absolute atomic E-state index is 0.0211. The number of fused-ring (bicyclic) bond motifs is 2. The summed E-state index contributed by atoms with van der Waals surface area (Å²) >= 11 is 5.09. The molecule has 2 N–H and O–H groups in total. The standard InChI is InChI=1S/C12H22N2OS/c1-12(2,11(13)16)5-6-14-7-9-3-4-10(8-14)15-9/h9-10H,3-8H2,1-2H3,(H2,13,16). The third-order valence-corrected chi connectivity index (χ3v) is 4.39. The Labute approximate surface area is 103 Å². The lowest BCUT2D eigenvalue weighted by atomic mass is 9.89. The van der Waals surface area contributed by atoms with E-state index < -0.39 is 0 Å². The van der Waals surface area contributed by atoms with Crippen molar-refractivity contribution >= 4 is 17.2 Å². The minimum atomic E-state index is -0.0211. The molecule has 2 unspecified atom stereocenters. The van der Waals surface area contributed by atoms with E-state index in [1.165, 1.54) is 12.8 Å². The second-order valence-corrected chi connectivity index (χ2v) is 6.15. The van der Waals surface area contributed by atoms with Crippen molar-refractivity contribution in [3.63, 3.8) is 0 Å². The van der Waals surface area contributed by atoms with Crippen LogP contribution in [0.15, 0.2) is 0 Å². The summed E-state index contributed by atoms with van der Waals surface area (Å²) in [7, 11) is 0. The molecule has 2 saturated heterocycles. The molecule has 4 heteroatoms. The van der Waals surface area contributed by atoms with E-state index >= 15 is 0 Å². The Hall–Kier alpha value is -0.190. The number of hydrogen-bond acceptors (Lipinski definition) is 3. The molecule has 2 fully saturated rings. The lowest BCUT2D eigenvalue weighted by Crippen LogP contribution is -2.44. The Morgan fingerprint density at radius 2 is 1.94 bits per heavy atom. The molecule has 92 valence electrons. The maximum Gasteiger partial charge on any atom is 0.0784 e. The number of likely N-dealkylation sites (tertiary alicyclic amines) is 1. The Morgan fingerprint density at radius 1 is 1.38 bits per heavy atom. The third-order valence-electron chi connectivity index (χ3n) is 3.84. The van der Waals surface area contributed by atoms with E-state index in [9.17, 15) is 0 Å². The van der Waals surface area contributed by atoms with Gasteiger partial charge in [0.1, 0.15) is 0 Å². The molecule has 0 aromatic rings. The summed E-state index contributed by atoms with van der Waals surface area (Å²) in [5.41, 5.74) is 5.72. The van der Waals surface area contributed by atoms with E-state index in [1.54, 1.807) is 0 Å². The molecule has 16 heavy (non-hydrogen) atoms. The van der Waals surface area contributed by atoms with E-state index in [4.69, 9.17) is 22.7 Å². The molecule has 2 aliphatic rings. The lowest BCUT2D eigenvalue weighted by Gasteiger charge is -2.34. The second-order valence-electron chi connectivity index (χ2n) is 5.72. The Balaban J connectivity index is 1.80. The first-order chi connectivity index (χ1) is 7.47. The number of thiocarbonyl (C=S) groups is 1. The molecule has 2 bridgehead atoms. The van der Waals surface area contributed by atoms with Crippen LogP contribution in [0.3, 0.4) is 0 Å². The fourth-order valence-electron chi connectivity index (χ4n) is 2.44. The zero-order valence-corrected chi connectivity index (χ0v) is 11.1. The van der Waals surface area contributed by atoms with Crippen LogP contribution >= 0.6 is 12.2 Å². The zero-order valence-electron chi connectivity index (χ0n) is 10.2. The van der Waals surface area contributed by atoms with Gasteiger partial charge in [-0.15, -0.1) is 0 Å². The first-order valence-corrected chi connectivity index (χ1v) is 6.56. The van der Waals surface area contributed by atoms with Crippen molar-refractivity contribution in [1.29, 1.82) is 0 Å². The molecule has 3 nitrogen and oxygen atoms in total. The molecule has 2 atom stereocenters. The average molecular weight is 242 g/mol. The highest BCUT2D eigenvalue weighted by Gasteiger charge is 2.34. The fraction of sp³-hybridized carbons (Fsp3) is 0.917. The van der Waals surface area contributed by atoms with Crippen LogP contribution in [0.25, 0.3) is 0 Å². The van der Waals surface area contributed by atoms with Crippen LogP contribution in [-0.4, -0.2) is 41.7 Å². The number of hydrogen-bond donors (Lipinski definition) is 1. The van der Waals surface area contributed by atoms with Gasteiger partial charge in [-0.3, -0.25) is 4.90 Å². The van der Waals surface area contributed by atoms with Crippen molar-refractivity contribution in [1.82, 2.24) is 4.90 Å². The van der Waals surface area contributed by atoms with E-state index in [-0.39, 0.29) is 5.41 Å². The molecular formula is C12H22N2OS. The quantitative estimate of drug-likeness (QED) is 0.759. The van der Waals surface area contributed by atoms with Gasteiger partial charge in [0.2, 0.25) is 0 Å². The van der Waals surface area contributed by atoms with E-state index in [0.29, 0.717) is 17.2 Å². The summed E-state index contributed by atoms with van der Waals surface area (Å²) in [6.45, 7) is 7.52. The summed E-state index contributed by atoms with van der Waals surface area (Å²) in [5.74, 6) is 0. The highest BCUT2D eigenvalue weighted by molar-refractivity contribution is 7.80. The van der Waals surface area contributed by atoms with E-state index in [2.05, 4.69) is 18.7 Å². The fourth-order valence-corrected chi connectivity index (χ4v) is 2.54. The van der Waals surface area contributed by atoms with Crippen molar-refractivity contribution < 1.29 is 4.74 Å². The van der Waals surface area contributed by atoms with Gasteiger partial charge in [-0.1, -0.05) is 26.1 Å². The molecule has 0 aromatic heterocycles. The minimum Gasteiger partial charge on any atom is -0.393 e. The summed E-state index contributed by atoms with van der Waals surface area (Å²) in [6.07, 6.45) is 4.47. The number of nitrogens with two attached hydrogens (primary N) is 1. The Morgan fingerprint density at radius 3 is 2.44 bits per heavy atom. The monoisotopic (exact) mass is 242 g/mol. The molecule has 0 saturated carbocycles. The first kappa shape index (κ1) is 12.3. The first-order valence-electron chi connectivity index (χ1n) is 6.15. The largest absolute Gasteiger partial charge is 0.393 e. The normalized spacial score (nSPS) is 30.6. The third kappa shape index (κ3) is 2.73. The molecule has 2 rings (SSSR count). The molecule has 0 radical (unpaired) electrons. The maximum atomic E-state index is 5.81. The molecule has 2 heterocycles. The highest BCUT2D eigenvalue weighted by Crippen LogP contribution is 2.28. The van der Waals surface area contributed by atoms with Crippen LogP contribution < -0.4 is 5.73 Å². The van der Waals surface area contributed by atoms with Crippen molar-refractivity contribution in [2.45, 2.75) is 45.3 Å². The molecule has 0 aromatic carbocycles. The average Bonchev–Trinajstić information content (AvgIpc) is 2.55. The van der Waals surface area contributed by atoms with Crippen LogP contribution in [0.2, 0.25) is 0 Å². The molecular weight excluding hydrogens is 220 g/mol. The topological polar surface area (TPSA) is 38.5 Å². The second kappa shape index (κ2) is 4.59. The van der Waals surface area contributed by atoms with Crippen molar-refractivity contribution in [2.75, 3.05) is 19.6 Å². The highest BCUT2D eigenvalue weighted by atomic mass is 32.1. The summed E-state index contributed by atoms with van der Waals surface area (Å²) in [6, 6.07) is 0. The number of nitrogens with zero attached hydrogens (tertiary/aromatic N) is 1. The van der Waals surface area contributed by atoms with Crippen molar-refractivity contribution in [3.05, 3.63) is 0 Å². The van der Waals surface area contributed by atoms with Gasteiger partial charge in [-0.05, 0) is 25.8 Å². The van der Waals surface area contributed by atoms with Gasteiger partial charge in [-0.2, -0.15) is 0 Å². The van der Waals surface area contributed by atoms with Gasteiger partial charge in [0.25, 0.3) is 0 Å². The predicted molar refractivity (Wildman–Crippen MR) is 69.5 cm³/mol. The van der Waals surface area contributed by atoms with E-state index in [1.807, 2.05) is 0 Å². The Kier molecular flexibility index (Phi) is 3.52. The van der Waals surface area contributed by atoms with Gasteiger partial charge >= 0.3 is 0 Å². The van der Waals surface area contributed by atoms with Gasteiger partial charge in [0.05, 0.1) is 17.2 Å². The van der Waals surface area contributed by atoms with Gasteiger partial charge in [0.15, 0.2) is 0 Å². The number of rotatable bonds is 4. The lowest BCUT2D eigenvalue weighted by molar-refractivity contribution is -0.0398. The summed E-state index contributed by atoms with van der Waals surface area (Å²) in [4.78, 5) is 3.13. The van der Waals surface area contributed by atoms with Crippen LogP contribution in [0.5, 0.6) is 0 Å². The molecule has 0 spiro atoms. The summed E-state index contributed by atoms with van der Waals surface area (Å²) in [5, 5.41) is 0. The Bertz CT molecular complexity index is 268. The van der Waals surface area contributed by atoms with E-state index in [0.717, 1.165) is 26.1 Å².